The predicted octanol–water partition coefficient (Wildman–Crippen LogP) is 2.32. The third-order valence-corrected chi connectivity index (χ3v) is 4.97. The monoisotopic (exact) mass is 267 g/mol. The molecule has 1 aromatic rings. The minimum absolute atomic E-state index is 0.499. The zero-order chi connectivity index (χ0) is 12.4. The molecule has 0 unspecified atom stereocenters. The van der Waals surface area contributed by atoms with Gasteiger partial charge in [-0.15, -0.1) is 10.2 Å². The summed E-state index contributed by atoms with van der Waals surface area (Å²) in [5.74, 6) is 1.37. The lowest BCUT2D eigenvalue weighted by atomic mass is 9.95. The van der Waals surface area contributed by atoms with Crippen molar-refractivity contribution in [1.82, 2.24) is 15.5 Å². The Bertz CT molecular complexity index is 385. The molecular weight excluding hydrogens is 246 g/mol. The Kier molecular flexibility index (Phi) is 3.91. The maximum atomic E-state index is 5.53. The third kappa shape index (κ3) is 3.08. The summed E-state index contributed by atoms with van der Waals surface area (Å²) in [5.41, 5.74) is 0. The summed E-state index contributed by atoms with van der Waals surface area (Å²) in [6.45, 7) is 4.94. The van der Waals surface area contributed by atoms with E-state index in [1.54, 1.807) is 11.3 Å². The molecule has 18 heavy (non-hydrogen) atoms. The fourth-order valence-electron chi connectivity index (χ4n) is 2.41. The van der Waals surface area contributed by atoms with Gasteiger partial charge in [-0.25, -0.2) is 0 Å². The second-order valence-corrected chi connectivity index (χ2v) is 6.55. The quantitative estimate of drug-likeness (QED) is 0.889. The average Bonchev–Trinajstić information content (AvgIpc) is 3.16. The molecular formula is C13H21N3OS. The molecule has 1 saturated carbocycles. The fourth-order valence-corrected chi connectivity index (χ4v) is 3.37. The highest BCUT2D eigenvalue weighted by atomic mass is 32.1. The van der Waals surface area contributed by atoms with Gasteiger partial charge >= 0.3 is 0 Å². The number of nitrogens with zero attached hydrogens (tertiary/aromatic N) is 2. The molecule has 2 aliphatic rings. The Balaban J connectivity index is 1.46. The van der Waals surface area contributed by atoms with Gasteiger partial charge < -0.3 is 10.1 Å². The highest BCUT2D eigenvalue weighted by Crippen LogP contribution is 2.41. The first-order chi connectivity index (χ1) is 8.83. The van der Waals surface area contributed by atoms with Crippen molar-refractivity contribution in [3.05, 3.63) is 10.0 Å². The van der Waals surface area contributed by atoms with Gasteiger partial charge in [-0.1, -0.05) is 11.3 Å². The van der Waals surface area contributed by atoms with Gasteiger partial charge in [0.05, 0.1) is 6.61 Å². The topological polar surface area (TPSA) is 47.0 Å². The molecule has 5 heteroatoms. The summed E-state index contributed by atoms with van der Waals surface area (Å²) in [6.07, 6.45) is 5.08. The molecule has 2 atom stereocenters. The molecule has 2 fully saturated rings. The molecule has 3 rings (SSSR count). The van der Waals surface area contributed by atoms with Crippen molar-refractivity contribution in [2.45, 2.75) is 51.1 Å². The van der Waals surface area contributed by atoms with Gasteiger partial charge in [-0.3, -0.25) is 0 Å². The molecule has 100 valence electrons. The first-order valence-corrected chi connectivity index (χ1v) is 7.78. The first-order valence-electron chi connectivity index (χ1n) is 6.96. The molecule has 4 nitrogen and oxygen atoms in total. The number of nitrogens with one attached hydrogen (secondary N) is 1. The van der Waals surface area contributed by atoms with Crippen LogP contribution in [0, 0.1) is 5.92 Å². The van der Waals surface area contributed by atoms with Gasteiger partial charge in [0, 0.05) is 25.1 Å². The second-order valence-electron chi connectivity index (χ2n) is 5.46. The van der Waals surface area contributed by atoms with Crippen molar-refractivity contribution in [3.63, 3.8) is 0 Å². The van der Waals surface area contributed by atoms with Crippen LogP contribution in [0.5, 0.6) is 0 Å². The van der Waals surface area contributed by atoms with Crippen LogP contribution in [-0.4, -0.2) is 29.5 Å². The summed E-state index contributed by atoms with van der Waals surface area (Å²) in [4.78, 5) is 0. The summed E-state index contributed by atoms with van der Waals surface area (Å²) < 4.78 is 5.53. The Morgan fingerprint density at radius 3 is 3.00 bits per heavy atom. The molecule has 0 aromatic carbocycles. The molecule has 1 aromatic heterocycles. The number of ether oxygens (including phenoxy) is 1. The van der Waals surface area contributed by atoms with E-state index in [2.05, 4.69) is 22.4 Å². The molecule has 1 aliphatic heterocycles. The molecule has 0 amide bonds. The summed E-state index contributed by atoms with van der Waals surface area (Å²) in [7, 11) is 0. The van der Waals surface area contributed by atoms with E-state index in [1.165, 1.54) is 30.7 Å². The van der Waals surface area contributed by atoms with E-state index in [0.29, 0.717) is 12.0 Å². The number of hydrogen-bond acceptors (Lipinski definition) is 5. The molecule has 0 radical (unpaired) electrons. The van der Waals surface area contributed by atoms with Crippen molar-refractivity contribution in [1.29, 1.82) is 0 Å². The minimum Gasteiger partial charge on any atom is -0.381 e. The van der Waals surface area contributed by atoms with Crippen LogP contribution in [0.15, 0.2) is 0 Å². The van der Waals surface area contributed by atoms with Crippen molar-refractivity contribution >= 4 is 11.3 Å². The van der Waals surface area contributed by atoms with Crippen molar-refractivity contribution in [3.8, 4) is 0 Å². The summed E-state index contributed by atoms with van der Waals surface area (Å²) in [5, 5.41) is 14.5. The van der Waals surface area contributed by atoms with E-state index < -0.39 is 0 Å². The van der Waals surface area contributed by atoms with Crippen LogP contribution in [0.1, 0.15) is 48.5 Å². The molecule has 0 spiro atoms. The van der Waals surface area contributed by atoms with Gasteiger partial charge in [0.2, 0.25) is 0 Å². The van der Waals surface area contributed by atoms with Crippen LogP contribution < -0.4 is 5.32 Å². The van der Waals surface area contributed by atoms with Crippen LogP contribution in [0.3, 0.4) is 0 Å². The van der Waals surface area contributed by atoms with Gasteiger partial charge in [-0.05, 0) is 38.5 Å². The maximum absolute atomic E-state index is 5.53. The largest absolute Gasteiger partial charge is 0.381 e. The van der Waals surface area contributed by atoms with Gasteiger partial charge in [0.1, 0.15) is 10.0 Å². The number of aromatic nitrogens is 2. The lowest BCUT2D eigenvalue weighted by molar-refractivity contribution is 0.0417. The van der Waals surface area contributed by atoms with Crippen LogP contribution in [0.25, 0.3) is 0 Å². The van der Waals surface area contributed by atoms with Crippen LogP contribution in [0.2, 0.25) is 0 Å². The van der Waals surface area contributed by atoms with E-state index >= 15 is 0 Å². The van der Waals surface area contributed by atoms with E-state index in [-0.39, 0.29) is 0 Å². The number of rotatable bonds is 5. The summed E-state index contributed by atoms with van der Waals surface area (Å²) in [6, 6.07) is 0.499. The first kappa shape index (κ1) is 12.5. The smallest absolute Gasteiger partial charge is 0.131 e. The second kappa shape index (κ2) is 5.63. The normalized spacial score (nSPS) is 26.2. The SMILES string of the molecule is C[C@H](NCc1nnc(C2CC2)s1)[C@@H]1CCCOC1. The van der Waals surface area contributed by atoms with E-state index in [1.807, 2.05) is 0 Å². The minimum atomic E-state index is 0.499. The van der Waals surface area contributed by atoms with Crippen LogP contribution >= 0.6 is 11.3 Å². The molecule has 0 bridgehead atoms. The predicted molar refractivity (Wildman–Crippen MR) is 71.7 cm³/mol. The van der Waals surface area contributed by atoms with Gasteiger partial charge in [-0.2, -0.15) is 0 Å². The standard InChI is InChI=1S/C13H21N3OS/c1-9(11-3-2-6-17-8-11)14-7-12-15-16-13(18-12)10-4-5-10/h9-11,14H,2-8H2,1H3/t9-,11+/m0/s1. The average molecular weight is 267 g/mol. The summed E-state index contributed by atoms with van der Waals surface area (Å²) >= 11 is 1.78. The van der Waals surface area contributed by atoms with E-state index in [4.69, 9.17) is 4.74 Å². The zero-order valence-corrected chi connectivity index (χ0v) is 11.7. The van der Waals surface area contributed by atoms with Gasteiger partial charge in [0.15, 0.2) is 0 Å². The van der Waals surface area contributed by atoms with Crippen molar-refractivity contribution in [2.75, 3.05) is 13.2 Å². The lowest BCUT2D eigenvalue weighted by Gasteiger charge is -2.28. The van der Waals surface area contributed by atoms with Crippen molar-refractivity contribution in [2.24, 2.45) is 5.92 Å². The van der Waals surface area contributed by atoms with E-state index in [9.17, 15) is 0 Å². The zero-order valence-electron chi connectivity index (χ0n) is 10.9. The molecule has 1 aliphatic carbocycles. The third-order valence-electron chi connectivity index (χ3n) is 3.89. The van der Waals surface area contributed by atoms with Crippen LogP contribution in [0.4, 0.5) is 0 Å². The maximum Gasteiger partial charge on any atom is 0.131 e. The van der Waals surface area contributed by atoms with Crippen molar-refractivity contribution < 1.29 is 4.74 Å². The molecule has 1 N–H and O–H groups in total. The fraction of sp³-hybridized carbons (Fsp3) is 0.846. The van der Waals surface area contributed by atoms with Crippen LogP contribution in [-0.2, 0) is 11.3 Å². The van der Waals surface area contributed by atoms with E-state index in [0.717, 1.165) is 30.7 Å². The Morgan fingerprint density at radius 2 is 2.28 bits per heavy atom. The van der Waals surface area contributed by atoms with Gasteiger partial charge in [0.25, 0.3) is 0 Å². The highest BCUT2D eigenvalue weighted by Gasteiger charge is 2.27. The Morgan fingerprint density at radius 1 is 1.39 bits per heavy atom. The Labute approximate surface area is 112 Å². The highest BCUT2D eigenvalue weighted by molar-refractivity contribution is 7.11. The Hall–Kier alpha value is -0.520. The molecule has 1 saturated heterocycles. The molecule has 2 heterocycles. The lowest BCUT2D eigenvalue weighted by Crippen LogP contribution is -2.37. The number of hydrogen-bond donors (Lipinski definition) is 1.